The summed E-state index contributed by atoms with van der Waals surface area (Å²) in [5.74, 6) is 0.551. The Morgan fingerprint density at radius 2 is 1.77 bits per heavy atom. The number of hydrogen-bond donors (Lipinski definition) is 1. The SMILES string of the molecule is COC(=O)CNSc1ccc(-c2ncc(-c3ccc(OC)cc3)s2)cc1. The molecule has 7 heteroatoms. The molecule has 134 valence electrons. The Labute approximate surface area is 160 Å². The van der Waals surface area contributed by atoms with Crippen LogP contribution in [0, 0.1) is 0 Å². The van der Waals surface area contributed by atoms with Gasteiger partial charge in [-0.1, -0.05) is 12.1 Å². The van der Waals surface area contributed by atoms with Crippen molar-refractivity contribution in [1.82, 2.24) is 9.71 Å². The molecule has 0 saturated heterocycles. The van der Waals surface area contributed by atoms with Crippen LogP contribution in [-0.4, -0.2) is 31.7 Å². The highest BCUT2D eigenvalue weighted by atomic mass is 32.2. The van der Waals surface area contributed by atoms with Crippen molar-refractivity contribution in [2.75, 3.05) is 20.8 Å². The maximum Gasteiger partial charge on any atom is 0.320 e. The second-order valence-electron chi connectivity index (χ2n) is 5.28. The van der Waals surface area contributed by atoms with Gasteiger partial charge in [0.05, 0.1) is 19.1 Å². The number of nitrogens with zero attached hydrogens (tertiary/aromatic N) is 1. The van der Waals surface area contributed by atoms with Gasteiger partial charge in [0.1, 0.15) is 17.3 Å². The quantitative estimate of drug-likeness (QED) is 0.484. The van der Waals surface area contributed by atoms with Crippen molar-refractivity contribution >= 4 is 29.3 Å². The van der Waals surface area contributed by atoms with Crippen molar-refractivity contribution in [2.45, 2.75) is 4.90 Å². The van der Waals surface area contributed by atoms with Crippen molar-refractivity contribution in [1.29, 1.82) is 0 Å². The summed E-state index contributed by atoms with van der Waals surface area (Å²) in [7, 11) is 3.03. The number of carbonyl (C=O) groups excluding carboxylic acids is 1. The van der Waals surface area contributed by atoms with Gasteiger partial charge in [0.25, 0.3) is 0 Å². The third kappa shape index (κ3) is 4.63. The number of nitrogens with one attached hydrogen (secondary N) is 1. The zero-order chi connectivity index (χ0) is 18.4. The van der Waals surface area contributed by atoms with Crippen molar-refractivity contribution in [3.63, 3.8) is 0 Å². The lowest BCUT2D eigenvalue weighted by Gasteiger charge is -2.03. The van der Waals surface area contributed by atoms with E-state index in [1.807, 2.05) is 54.7 Å². The zero-order valence-corrected chi connectivity index (χ0v) is 16.0. The molecule has 0 radical (unpaired) electrons. The fourth-order valence-corrected chi connectivity index (χ4v) is 3.77. The molecule has 0 bridgehead atoms. The average molecular weight is 386 g/mol. The highest BCUT2D eigenvalue weighted by Crippen LogP contribution is 2.33. The van der Waals surface area contributed by atoms with Crippen LogP contribution in [0.1, 0.15) is 0 Å². The molecule has 2 aromatic carbocycles. The number of hydrogen-bond acceptors (Lipinski definition) is 7. The Kier molecular flexibility index (Phi) is 6.27. The standard InChI is InChI=1S/C19H18N2O3S2/c1-23-15-7-3-13(4-8-15)17-11-20-19(25-17)14-5-9-16(10-6-14)26-21-12-18(22)24-2/h3-11,21H,12H2,1-2H3. The van der Waals surface area contributed by atoms with Gasteiger partial charge in [0.2, 0.25) is 0 Å². The predicted molar refractivity (Wildman–Crippen MR) is 105 cm³/mol. The van der Waals surface area contributed by atoms with Gasteiger partial charge in [0.15, 0.2) is 0 Å². The highest BCUT2D eigenvalue weighted by Gasteiger charge is 2.07. The zero-order valence-electron chi connectivity index (χ0n) is 14.4. The van der Waals surface area contributed by atoms with E-state index in [0.717, 1.165) is 31.7 Å². The molecule has 26 heavy (non-hydrogen) atoms. The van der Waals surface area contributed by atoms with E-state index in [9.17, 15) is 4.79 Å². The molecule has 3 aromatic rings. The molecule has 0 atom stereocenters. The van der Waals surface area contributed by atoms with E-state index in [4.69, 9.17) is 4.74 Å². The molecule has 1 N–H and O–H groups in total. The smallest absolute Gasteiger partial charge is 0.320 e. The number of aromatic nitrogens is 1. The van der Waals surface area contributed by atoms with Gasteiger partial charge in [-0.3, -0.25) is 4.79 Å². The Hall–Kier alpha value is -2.35. The summed E-state index contributed by atoms with van der Waals surface area (Å²) >= 11 is 3.04. The van der Waals surface area contributed by atoms with E-state index in [-0.39, 0.29) is 12.5 Å². The van der Waals surface area contributed by atoms with Crippen LogP contribution in [-0.2, 0) is 9.53 Å². The number of rotatable bonds is 7. The van der Waals surface area contributed by atoms with Gasteiger partial charge in [-0.2, -0.15) is 0 Å². The summed E-state index contributed by atoms with van der Waals surface area (Å²) in [6.07, 6.45) is 1.89. The maximum absolute atomic E-state index is 11.1. The van der Waals surface area contributed by atoms with Crippen LogP contribution in [0.25, 0.3) is 21.0 Å². The lowest BCUT2D eigenvalue weighted by molar-refractivity contribution is -0.139. The first-order valence-electron chi connectivity index (χ1n) is 7.87. The fourth-order valence-electron chi connectivity index (χ4n) is 2.21. The highest BCUT2D eigenvalue weighted by molar-refractivity contribution is 7.97. The van der Waals surface area contributed by atoms with Crippen molar-refractivity contribution in [3.05, 3.63) is 54.7 Å². The second-order valence-corrected chi connectivity index (χ2v) is 7.28. The van der Waals surface area contributed by atoms with Crippen LogP contribution in [0.2, 0.25) is 0 Å². The van der Waals surface area contributed by atoms with Gasteiger partial charge >= 0.3 is 5.97 Å². The Balaban J connectivity index is 1.66. The summed E-state index contributed by atoms with van der Waals surface area (Å²) in [5, 5.41) is 0.967. The summed E-state index contributed by atoms with van der Waals surface area (Å²) in [5.41, 5.74) is 2.18. The number of methoxy groups -OCH3 is 2. The monoisotopic (exact) mass is 386 g/mol. The molecule has 0 fully saturated rings. The first kappa shape index (κ1) is 18.4. The summed E-state index contributed by atoms with van der Waals surface area (Å²) in [6.45, 7) is 0.167. The third-order valence-electron chi connectivity index (χ3n) is 3.62. The first-order chi connectivity index (χ1) is 12.7. The van der Waals surface area contributed by atoms with Crippen molar-refractivity contribution < 1.29 is 14.3 Å². The lowest BCUT2D eigenvalue weighted by Crippen LogP contribution is -2.17. The lowest BCUT2D eigenvalue weighted by atomic mass is 10.2. The van der Waals surface area contributed by atoms with E-state index < -0.39 is 0 Å². The molecule has 0 unspecified atom stereocenters. The Morgan fingerprint density at radius 3 is 2.42 bits per heavy atom. The van der Waals surface area contributed by atoms with E-state index in [1.54, 1.807) is 18.4 Å². The molecule has 0 aliphatic carbocycles. The van der Waals surface area contributed by atoms with Crippen LogP contribution in [0.4, 0.5) is 0 Å². The minimum absolute atomic E-state index is 0.167. The topological polar surface area (TPSA) is 60.5 Å². The van der Waals surface area contributed by atoms with Gasteiger partial charge < -0.3 is 9.47 Å². The van der Waals surface area contributed by atoms with Gasteiger partial charge in [-0.05, 0) is 53.9 Å². The van der Waals surface area contributed by atoms with Gasteiger partial charge in [-0.25, -0.2) is 9.71 Å². The van der Waals surface area contributed by atoms with Crippen LogP contribution in [0.15, 0.2) is 59.6 Å². The molecule has 0 aliphatic rings. The number of thiazole rings is 1. The van der Waals surface area contributed by atoms with Crippen LogP contribution >= 0.6 is 23.3 Å². The Bertz CT molecular complexity index is 861. The number of benzene rings is 2. The van der Waals surface area contributed by atoms with Crippen LogP contribution in [0.5, 0.6) is 5.75 Å². The Morgan fingerprint density at radius 1 is 1.08 bits per heavy atom. The van der Waals surface area contributed by atoms with Crippen molar-refractivity contribution in [3.8, 4) is 26.8 Å². The third-order valence-corrected chi connectivity index (χ3v) is 5.51. The number of ether oxygens (including phenoxy) is 2. The minimum atomic E-state index is -0.289. The molecule has 0 saturated carbocycles. The van der Waals surface area contributed by atoms with E-state index >= 15 is 0 Å². The molecule has 0 aliphatic heterocycles. The first-order valence-corrected chi connectivity index (χ1v) is 9.50. The predicted octanol–water partition coefficient (Wildman–Crippen LogP) is 4.26. The molecule has 1 aromatic heterocycles. The van der Waals surface area contributed by atoms with E-state index in [0.29, 0.717) is 0 Å². The average Bonchev–Trinajstić information content (AvgIpc) is 3.18. The molecule has 5 nitrogen and oxygen atoms in total. The number of esters is 1. The maximum atomic E-state index is 11.1. The van der Waals surface area contributed by atoms with Gasteiger partial charge in [-0.15, -0.1) is 11.3 Å². The van der Waals surface area contributed by atoms with E-state index in [2.05, 4.69) is 14.4 Å². The molecular weight excluding hydrogens is 368 g/mol. The van der Waals surface area contributed by atoms with E-state index in [1.165, 1.54) is 19.1 Å². The molecule has 0 amide bonds. The number of carbonyl (C=O) groups is 1. The summed E-state index contributed by atoms with van der Waals surface area (Å²) in [6, 6.07) is 16.0. The normalized spacial score (nSPS) is 10.5. The molecular formula is C19H18N2O3S2. The molecule has 3 rings (SSSR count). The van der Waals surface area contributed by atoms with Crippen LogP contribution < -0.4 is 9.46 Å². The largest absolute Gasteiger partial charge is 0.497 e. The second kappa shape index (κ2) is 8.84. The van der Waals surface area contributed by atoms with Crippen molar-refractivity contribution in [2.24, 2.45) is 0 Å². The van der Waals surface area contributed by atoms with Crippen LogP contribution in [0.3, 0.4) is 0 Å². The summed E-state index contributed by atoms with van der Waals surface area (Å²) in [4.78, 5) is 17.7. The fraction of sp³-hybridized carbons (Fsp3) is 0.158. The minimum Gasteiger partial charge on any atom is -0.497 e. The molecule has 0 spiro atoms. The summed E-state index contributed by atoms with van der Waals surface area (Å²) < 4.78 is 12.7. The van der Waals surface area contributed by atoms with Gasteiger partial charge in [0, 0.05) is 16.7 Å². The molecule has 1 heterocycles.